The average Bonchev–Trinajstić information content (AvgIpc) is 3.29. The lowest BCUT2D eigenvalue weighted by Crippen LogP contribution is -2.40. The van der Waals surface area contributed by atoms with Crippen molar-refractivity contribution >= 4 is 17.6 Å². The number of anilines is 1. The standard InChI is InChI=1S/C22H21NO3/c24-20(18-13-22(18)11-9-14-5-1-3-7-17(14)22)23-12-10-16(21(25)26)15-6-2-4-8-19(15)23/h1-8,16,18H,9-13H2,(H,25,26). The second kappa shape index (κ2) is 5.44. The zero-order valence-corrected chi connectivity index (χ0v) is 14.5. The first-order valence-electron chi connectivity index (χ1n) is 9.33. The molecule has 1 spiro atoms. The number of carboxylic acid groups (broad SMARTS) is 1. The molecule has 4 nitrogen and oxygen atoms in total. The second-order valence-corrected chi connectivity index (χ2v) is 7.80. The highest BCUT2D eigenvalue weighted by atomic mass is 16.4. The van der Waals surface area contributed by atoms with Crippen LogP contribution in [-0.4, -0.2) is 23.5 Å². The number of nitrogens with zero attached hydrogens (tertiary/aromatic N) is 1. The number of rotatable bonds is 2. The maximum absolute atomic E-state index is 13.3. The summed E-state index contributed by atoms with van der Waals surface area (Å²) in [6, 6.07) is 16.0. The maximum atomic E-state index is 13.3. The van der Waals surface area contributed by atoms with Crippen LogP contribution < -0.4 is 4.90 Å². The fourth-order valence-corrected chi connectivity index (χ4v) is 5.16. The van der Waals surface area contributed by atoms with E-state index in [9.17, 15) is 14.7 Å². The predicted octanol–water partition coefficient (Wildman–Crippen LogP) is 3.50. The van der Waals surface area contributed by atoms with E-state index in [0.717, 1.165) is 30.5 Å². The molecule has 1 fully saturated rings. The number of fused-ring (bicyclic) bond motifs is 3. The molecule has 26 heavy (non-hydrogen) atoms. The van der Waals surface area contributed by atoms with Gasteiger partial charge < -0.3 is 10.0 Å². The van der Waals surface area contributed by atoms with Crippen LogP contribution in [0.3, 0.4) is 0 Å². The number of carboxylic acids is 1. The number of para-hydroxylation sites is 1. The molecule has 2 aromatic carbocycles. The molecule has 1 N–H and O–H groups in total. The van der Waals surface area contributed by atoms with Crippen molar-refractivity contribution in [1.29, 1.82) is 0 Å². The van der Waals surface area contributed by atoms with Gasteiger partial charge in [-0.05, 0) is 48.4 Å². The Morgan fingerprint density at radius 1 is 1.08 bits per heavy atom. The van der Waals surface area contributed by atoms with Crippen molar-refractivity contribution in [3.05, 3.63) is 65.2 Å². The van der Waals surface area contributed by atoms with Crippen molar-refractivity contribution in [2.75, 3.05) is 11.4 Å². The van der Waals surface area contributed by atoms with Gasteiger partial charge in [0.2, 0.25) is 5.91 Å². The highest BCUT2D eigenvalue weighted by Gasteiger charge is 2.62. The van der Waals surface area contributed by atoms with Crippen LogP contribution >= 0.6 is 0 Å². The quantitative estimate of drug-likeness (QED) is 0.905. The number of aliphatic carboxylic acids is 1. The van der Waals surface area contributed by atoms with Gasteiger partial charge in [0.25, 0.3) is 0 Å². The summed E-state index contributed by atoms with van der Waals surface area (Å²) in [6.45, 7) is 0.487. The fraction of sp³-hybridized carbons (Fsp3) is 0.364. The minimum absolute atomic E-state index is 0.0201. The molecule has 0 saturated heterocycles. The van der Waals surface area contributed by atoms with E-state index in [0.29, 0.717) is 13.0 Å². The summed E-state index contributed by atoms with van der Waals surface area (Å²) in [4.78, 5) is 26.8. The van der Waals surface area contributed by atoms with Crippen molar-refractivity contribution in [2.45, 2.75) is 37.0 Å². The van der Waals surface area contributed by atoms with Crippen molar-refractivity contribution in [3.8, 4) is 0 Å². The molecular formula is C22H21NO3. The normalized spacial score (nSPS) is 28.5. The molecule has 132 valence electrons. The molecule has 1 heterocycles. The summed E-state index contributed by atoms with van der Waals surface area (Å²) in [5.74, 6) is -1.13. The van der Waals surface area contributed by atoms with Crippen LogP contribution in [0.1, 0.15) is 41.9 Å². The lowest BCUT2D eigenvalue weighted by Gasteiger charge is -2.33. The summed E-state index contributed by atoms with van der Waals surface area (Å²) < 4.78 is 0. The molecule has 1 saturated carbocycles. The van der Waals surface area contributed by atoms with Crippen LogP contribution in [0.15, 0.2) is 48.5 Å². The molecule has 1 amide bonds. The Morgan fingerprint density at radius 3 is 2.69 bits per heavy atom. The smallest absolute Gasteiger partial charge is 0.311 e. The number of amides is 1. The molecule has 0 radical (unpaired) electrons. The third-order valence-corrected chi connectivity index (χ3v) is 6.58. The first-order valence-corrected chi connectivity index (χ1v) is 9.33. The molecule has 4 heteroatoms. The molecule has 1 aliphatic heterocycles. The summed E-state index contributed by atoms with van der Waals surface area (Å²) in [7, 11) is 0. The third-order valence-electron chi connectivity index (χ3n) is 6.58. The zero-order valence-electron chi connectivity index (χ0n) is 14.5. The highest BCUT2D eigenvalue weighted by molar-refractivity contribution is 6.00. The van der Waals surface area contributed by atoms with Gasteiger partial charge in [0.1, 0.15) is 0 Å². The Hall–Kier alpha value is -2.62. The second-order valence-electron chi connectivity index (χ2n) is 7.80. The van der Waals surface area contributed by atoms with E-state index in [1.165, 1.54) is 11.1 Å². The van der Waals surface area contributed by atoms with E-state index in [1.807, 2.05) is 29.2 Å². The van der Waals surface area contributed by atoms with Gasteiger partial charge in [-0.1, -0.05) is 42.5 Å². The van der Waals surface area contributed by atoms with Crippen LogP contribution in [0.4, 0.5) is 5.69 Å². The minimum Gasteiger partial charge on any atom is -0.481 e. The Kier molecular flexibility index (Phi) is 3.27. The third kappa shape index (κ3) is 2.08. The molecule has 5 rings (SSSR count). The molecule has 0 bridgehead atoms. The van der Waals surface area contributed by atoms with E-state index in [4.69, 9.17) is 0 Å². The fourth-order valence-electron chi connectivity index (χ4n) is 5.16. The largest absolute Gasteiger partial charge is 0.481 e. The zero-order chi connectivity index (χ0) is 17.9. The van der Waals surface area contributed by atoms with Crippen molar-refractivity contribution < 1.29 is 14.7 Å². The van der Waals surface area contributed by atoms with Crippen LogP contribution in [-0.2, 0) is 21.4 Å². The Bertz CT molecular complexity index is 921. The number of carbonyl (C=O) groups excluding carboxylic acids is 1. The Balaban J connectivity index is 1.46. The van der Waals surface area contributed by atoms with E-state index in [-0.39, 0.29) is 17.2 Å². The monoisotopic (exact) mass is 347 g/mol. The summed E-state index contributed by atoms with van der Waals surface area (Å²) in [5, 5.41) is 9.50. The number of carbonyl (C=O) groups is 2. The van der Waals surface area contributed by atoms with Crippen LogP contribution in [0.25, 0.3) is 0 Å². The minimum atomic E-state index is -0.808. The van der Waals surface area contributed by atoms with Crippen LogP contribution in [0, 0.1) is 5.92 Å². The number of hydrogen-bond donors (Lipinski definition) is 1. The van der Waals surface area contributed by atoms with Gasteiger partial charge >= 0.3 is 5.97 Å². The number of benzene rings is 2. The van der Waals surface area contributed by atoms with Crippen molar-refractivity contribution in [2.24, 2.45) is 5.92 Å². The van der Waals surface area contributed by atoms with Gasteiger partial charge in [-0.15, -0.1) is 0 Å². The summed E-state index contributed by atoms with van der Waals surface area (Å²) in [5.41, 5.74) is 4.30. The van der Waals surface area contributed by atoms with E-state index in [1.54, 1.807) is 0 Å². The molecule has 3 aliphatic rings. The van der Waals surface area contributed by atoms with Crippen LogP contribution in [0.5, 0.6) is 0 Å². The van der Waals surface area contributed by atoms with E-state index in [2.05, 4.69) is 24.3 Å². The lowest BCUT2D eigenvalue weighted by molar-refractivity contribution is -0.139. The maximum Gasteiger partial charge on any atom is 0.311 e. The lowest BCUT2D eigenvalue weighted by atomic mass is 9.89. The van der Waals surface area contributed by atoms with Gasteiger partial charge in [0.15, 0.2) is 0 Å². The van der Waals surface area contributed by atoms with Gasteiger partial charge in [-0.2, -0.15) is 0 Å². The van der Waals surface area contributed by atoms with E-state index >= 15 is 0 Å². The van der Waals surface area contributed by atoms with E-state index < -0.39 is 11.9 Å². The van der Waals surface area contributed by atoms with Gasteiger partial charge in [-0.3, -0.25) is 9.59 Å². The predicted molar refractivity (Wildman–Crippen MR) is 98.3 cm³/mol. The first kappa shape index (κ1) is 15.6. The molecule has 3 unspecified atom stereocenters. The van der Waals surface area contributed by atoms with Crippen molar-refractivity contribution in [3.63, 3.8) is 0 Å². The van der Waals surface area contributed by atoms with Crippen LogP contribution in [0.2, 0.25) is 0 Å². The molecule has 2 aliphatic carbocycles. The SMILES string of the molecule is O=C(O)C1CCN(C(=O)C2CC23CCc2ccccc23)c2ccccc21. The summed E-state index contributed by atoms with van der Waals surface area (Å²) in [6.07, 6.45) is 3.51. The highest BCUT2D eigenvalue weighted by Crippen LogP contribution is 2.62. The average molecular weight is 347 g/mol. The molecule has 3 atom stereocenters. The molecular weight excluding hydrogens is 326 g/mol. The van der Waals surface area contributed by atoms with Gasteiger partial charge in [-0.25, -0.2) is 0 Å². The summed E-state index contributed by atoms with van der Waals surface area (Å²) >= 11 is 0. The van der Waals surface area contributed by atoms with Crippen molar-refractivity contribution in [1.82, 2.24) is 0 Å². The first-order chi connectivity index (χ1) is 12.6. The Labute approximate surface area is 152 Å². The molecule has 0 aromatic heterocycles. The van der Waals surface area contributed by atoms with Gasteiger partial charge in [0.05, 0.1) is 5.92 Å². The molecule has 2 aromatic rings. The van der Waals surface area contributed by atoms with Gasteiger partial charge in [0, 0.05) is 23.6 Å². The topological polar surface area (TPSA) is 57.6 Å². The number of hydrogen-bond acceptors (Lipinski definition) is 2. The Morgan fingerprint density at radius 2 is 1.85 bits per heavy atom. The number of aryl methyl sites for hydroxylation is 1.